The molecule has 2 aliphatic heterocycles. The third kappa shape index (κ3) is 3.85. The van der Waals surface area contributed by atoms with Gasteiger partial charge in [-0.15, -0.1) is 0 Å². The van der Waals surface area contributed by atoms with Crippen LogP contribution in [0.1, 0.15) is 59.3 Å². The fourth-order valence-electron chi connectivity index (χ4n) is 4.85. The molecule has 0 aliphatic carbocycles. The molecule has 0 saturated carbocycles. The summed E-state index contributed by atoms with van der Waals surface area (Å²) in [7, 11) is 2.17. The van der Waals surface area contributed by atoms with E-state index in [1.54, 1.807) is 0 Å². The van der Waals surface area contributed by atoms with Gasteiger partial charge in [-0.1, -0.05) is 12.1 Å². The Labute approximate surface area is 177 Å². The smallest absolute Gasteiger partial charge is 0.256 e. The van der Waals surface area contributed by atoms with E-state index >= 15 is 0 Å². The number of carbonyl (C=O) groups is 1. The van der Waals surface area contributed by atoms with Gasteiger partial charge in [0.2, 0.25) is 0 Å². The summed E-state index contributed by atoms with van der Waals surface area (Å²) >= 11 is 0. The fraction of sp³-hybridized carbons (Fsp3) is 0.417. The van der Waals surface area contributed by atoms with Gasteiger partial charge in [0.1, 0.15) is 5.82 Å². The Hall–Kier alpha value is -2.70. The SMILES string of the molecule is CN1CCCC1c1cc2cnc(NC(=O)c3ccc(C4CCNCC4)cc3)cc2[nH]1. The van der Waals surface area contributed by atoms with Crippen LogP contribution < -0.4 is 10.6 Å². The molecule has 0 spiro atoms. The minimum Gasteiger partial charge on any atom is -0.357 e. The molecule has 156 valence electrons. The highest BCUT2D eigenvalue weighted by Gasteiger charge is 2.24. The van der Waals surface area contributed by atoms with Gasteiger partial charge in [-0.05, 0) is 82.0 Å². The Bertz CT molecular complexity index is 1040. The van der Waals surface area contributed by atoms with Crippen molar-refractivity contribution < 1.29 is 4.79 Å². The quantitative estimate of drug-likeness (QED) is 0.615. The number of hydrogen-bond donors (Lipinski definition) is 3. The summed E-state index contributed by atoms with van der Waals surface area (Å²) in [6, 6.07) is 12.6. The van der Waals surface area contributed by atoms with E-state index in [2.05, 4.69) is 50.7 Å². The molecular weight excluding hydrogens is 374 g/mol. The van der Waals surface area contributed by atoms with Gasteiger partial charge in [-0.2, -0.15) is 0 Å². The summed E-state index contributed by atoms with van der Waals surface area (Å²) < 4.78 is 0. The number of likely N-dealkylation sites (tertiary alicyclic amines) is 1. The second-order valence-electron chi connectivity index (χ2n) is 8.62. The molecule has 6 heteroatoms. The molecule has 3 aromatic rings. The number of benzene rings is 1. The van der Waals surface area contributed by atoms with Gasteiger partial charge in [-0.25, -0.2) is 4.98 Å². The Kier molecular flexibility index (Phi) is 5.27. The van der Waals surface area contributed by atoms with Crippen LogP contribution in [0.25, 0.3) is 10.9 Å². The van der Waals surface area contributed by atoms with E-state index in [1.807, 2.05) is 24.4 Å². The molecule has 1 unspecified atom stereocenters. The second-order valence-corrected chi connectivity index (χ2v) is 8.62. The molecule has 1 atom stereocenters. The standard InChI is InChI=1S/C24H29N5O/c1-29-12-2-3-22(29)21-13-19-15-26-23(14-20(19)27-21)28-24(30)18-6-4-16(5-7-18)17-8-10-25-11-9-17/h4-7,13-15,17,22,25,27H,2-3,8-12H2,1H3,(H,26,28,30). The van der Waals surface area contributed by atoms with Crippen LogP contribution in [-0.4, -0.2) is 47.5 Å². The number of aromatic amines is 1. The number of H-pyrrole nitrogens is 1. The molecule has 2 fully saturated rings. The van der Waals surface area contributed by atoms with E-state index in [-0.39, 0.29) is 5.91 Å². The molecule has 0 radical (unpaired) electrons. The first kappa shape index (κ1) is 19.3. The molecule has 1 amide bonds. The van der Waals surface area contributed by atoms with Crippen LogP contribution in [0.4, 0.5) is 5.82 Å². The van der Waals surface area contributed by atoms with Crippen molar-refractivity contribution in [1.82, 2.24) is 20.2 Å². The summed E-state index contributed by atoms with van der Waals surface area (Å²) in [5, 5.41) is 7.42. The Morgan fingerprint density at radius 1 is 1.13 bits per heavy atom. The maximum absolute atomic E-state index is 12.7. The number of aromatic nitrogens is 2. The predicted molar refractivity (Wildman–Crippen MR) is 120 cm³/mol. The summed E-state index contributed by atoms with van der Waals surface area (Å²) in [5.74, 6) is 1.04. The molecular formula is C24H29N5O. The van der Waals surface area contributed by atoms with Crippen molar-refractivity contribution in [1.29, 1.82) is 0 Å². The highest BCUT2D eigenvalue weighted by molar-refractivity contribution is 6.04. The largest absolute Gasteiger partial charge is 0.357 e. The Balaban J connectivity index is 1.29. The van der Waals surface area contributed by atoms with Gasteiger partial charge in [-0.3, -0.25) is 9.69 Å². The lowest BCUT2D eigenvalue weighted by molar-refractivity contribution is 0.102. The maximum Gasteiger partial charge on any atom is 0.256 e. The number of hydrogen-bond acceptors (Lipinski definition) is 4. The van der Waals surface area contributed by atoms with E-state index in [9.17, 15) is 4.79 Å². The molecule has 0 bridgehead atoms. The topological polar surface area (TPSA) is 73.1 Å². The minimum atomic E-state index is -0.124. The number of pyridine rings is 1. The van der Waals surface area contributed by atoms with Gasteiger partial charge in [0.25, 0.3) is 5.91 Å². The van der Waals surface area contributed by atoms with Gasteiger partial charge in [0, 0.05) is 34.9 Å². The van der Waals surface area contributed by atoms with Crippen LogP contribution >= 0.6 is 0 Å². The van der Waals surface area contributed by atoms with Crippen molar-refractivity contribution in [3.05, 3.63) is 59.4 Å². The van der Waals surface area contributed by atoms with Crippen LogP contribution in [0.15, 0.2) is 42.6 Å². The molecule has 1 aromatic carbocycles. The van der Waals surface area contributed by atoms with Crippen molar-refractivity contribution in [2.45, 2.75) is 37.6 Å². The average molecular weight is 404 g/mol. The van der Waals surface area contributed by atoms with Crippen molar-refractivity contribution >= 4 is 22.6 Å². The first-order valence-electron chi connectivity index (χ1n) is 11.0. The summed E-state index contributed by atoms with van der Waals surface area (Å²) in [6.07, 6.45) is 6.55. The number of amides is 1. The lowest BCUT2D eigenvalue weighted by Crippen LogP contribution is -2.26. The van der Waals surface area contributed by atoms with Gasteiger partial charge in [0.15, 0.2) is 0 Å². The van der Waals surface area contributed by atoms with Crippen LogP contribution in [0.5, 0.6) is 0 Å². The second kappa shape index (κ2) is 8.20. The van der Waals surface area contributed by atoms with Crippen molar-refractivity contribution in [2.24, 2.45) is 0 Å². The van der Waals surface area contributed by atoms with E-state index in [0.717, 1.165) is 43.4 Å². The number of fused-ring (bicyclic) bond motifs is 1. The summed E-state index contributed by atoms with van der Waals surface area (Å²) in [5.41, 5.74) is 4.22. The van der Waals surface area contributed by atoms with Crippen LogP contribution in [-0.2, 0) is 0 Å². The molecule has 3 N–H and O–H groups in total. The molecule has 2 aromatic heterocycles. The van der Waals surface area contributed by atoms with Crippen LogP contribution in [0, 0.1) is 0 Å². The van der Waals surface area contributed by atoms with Gasteiger partial charge >= 0.3 is 0 Å². The molecule has 4 heterocycles. The van der Waals surface area contributed by atoms with Crippen molar-refractivity contribution in [2.75, 3.05) is 32.0 Å². The predicted octanol–water partition coefficient (Wildman–Crippen LogP) is 4.05. The average Bonchev–Trinajstić information content (AvgIpc) is 3.39. The Morgan fingerprint density at radius 2 is 1.93 bits per heavy atom. The van der Waals surface area contributed by atoms with Crippen LogP contribution in [0.2, 0.25) is 0 Å². The van der Waals surface area contributed by atoms with E-state index in [1.165, 1.54) is 24.1 Å². The number of nitrogens with zero attached hydrogens (tertiary/aromatic N) is 2. The zero-order valence-electron chi connectivity index (χ0n) is 17.4. The third-order valence-electron chi connectivity index (χ3n) is 6.63. The first-order valence-corrected chi connectivity index (χ1v) is 11.0. The zero-order chi connectivity index (χ0) is 20.5. The van der Waals surface area contributed by atoms with E-state index in [4.69, 9.17) is 0 Å². The van der Waals surface area contributed by atoms with Crippen molar-refractivity contribution in [3.63, 3.8) is 0 Å². The van der Waals surface area contributed by atoms with Gasteiger partial charge in [0.05, 0.1) is 5.52 Å². The summed E-state index contributed by atoms with van der Waals surface area (Å²) in [6.45, 7) is 3.27. The van der Waals surface area contributed by atoms with E-state index < -0.39 is 0 Å². The zero-order valence-corrected chi connectivity index (χ0v) is 17.4. The number of nitrogens with one attached hydrogen (secondary N) is 3. The first-order chi connectivity index (χ1) is 14.7. The number of carbonyl (C=O) groups excluding carboxylic acids is 1. The molecule has 2 aliphatic rings. The lowest BCUT2D eigenvalue weighted by atomic mass is 9.90. The molecule has 30 heavy (non-hydrogen) atoms. The minimum absolute atomic E-state index is 0.124. The highest BCUT2D eigenvalue weighted by atomic mass is 16.1. The monoisotopic (exact) mass is 403 g/mol. The number of rotatable bonds is 4. The van der Waals surface area contributed by atoms with Gasteiger partial charge < -0.3 is 15.6 Å². The van der Waals surface area contributed by atoms with Crippen molar-refractivity contribution in [3.8, 4) is 0 Å². The third-order valence-corrected chi connectivity index (χ3v) is 6.63. The van der Waals surface area contributed by atoms with E-state index in [0.29, 0.717) is 23.3 Å². The molecule has 6 nitrogen and oxygen atoms in total. The number of piperidine rings is 1. The molecule has 2 saturated heterocycles. The normalized spacial score (nSPS) is 20.6. The summed E-state index contributed by atoms with van der Waals surface area (Å²) in [4.78, 5) is 23.1. The molecule has 5 rings (SSSR count). The number of anilines is 1. The van der Waals surface area contributed by atoms with Crippen LogP contribution in [0.3, 0.4) is 0 Å². The highest BCUT2D eigenvalue weighted by Crippen LogP contribution is 2.32. The maximum atomic E-state index is 12.7. The lowest BCUT2D eigenvalue weighted by Gasteiger charge is -2.23. The fourth-order valence-corrected chi connectivity index (χ4v) is 4.85. The Morgan fingerprint density at radius 3 is 2.67 bits per heavy atom.